The summed E-state index contributed by atoms with van der Waals surface area (Å²) < 4.78 is 18.8. The van der Waals surface area contributed by atoms with E-state index in [4.69, 9.17) is 0 Å². The van der Waals surface area contributed by atoms with Gasteiger partial charge >= 0.3 is 0 Å². The number of halogens is 2. The molecule has 0 saturated carbocycles. The Morgan fingerprint density at radius 1 is 1.25 bits per heavy atom. The Hall–Kier alpha value is 0.534. The Balaban J connectivity index is 0. The third-order valence-corrected chi connectivity index (χ3v) is 0. The molecule has 0 atom stereocenters. The van der Waals surface area contributed by atoms with Gasteiger partial charge in [-0.15, -0.1) is 8.96 Å². The molecule has 0 amide bonds. The maximum atomic E-state index is 9.38. The van der Waals surface area contributed by atoms with Gasteiger partial charge in [-0.25, -0.2) is 0 Å². The van der Waals surface area contributed by atoms with Crippen LogP contribution in [-0.2, 0) is 21.7 Å². The molecule has 0 fully saturated rings. The average molecular weight is 101 g/mol. The van der Waals surface area contributed by atoms with Crippen molar-refractivity contribution >= 4 is 0 Å². The molecule has 0 aromatic rings. The molecule has 0 aliphatic carbocycles. The van der Waals surface area contributed by atoms with Crippen LogP contribution in [0.25, 0.3) is 0 Å². The SMILES string of the molecule is FNF.[Ti]. The summed E-state index contributed by atoms with van der Waals surface area (Å²) in [7, 11) is 0. The predicted molar refractivity (Wildman–Crippen MR) is 5.35 cm³/mol. The number of hydrogen-bond acceptors (Lipinski definition) is 1. The first kappa shape index (κ1) is 8.82. The van der Waals surface area contributed by atoms with E-state index in [0.717, 1.165) is 0 Å². The van der Waals surface area contributed by atoms with E-state index in [-0.39, 0.29) is 27.5 Å². The van der Waals surface area contributed by atoms with Gasteiger partial charge in [-0.05, 0) is 0 Å². The molecule has 0 saturated heterocycles. The molecule has 0 radical (unpaired) electrons. The van der Waals surface area contributed by atoms with Crippen molar-refractivity contribution in [2.75, 3.05) is 0 Å². The van der Waals surface area contributed by atoms with E-state index in [9.17, 15) is 8.96 Å². The minimum Gasteiger partial charge on any atom is -0.105 e. The zero-order valence-corrected chi connectivity index (χ0v) is 3.32. The van der Waals surface area contributed by atoms with Gasteiger partial charge in [0.15, 0.2) is 0 Å². The van der Waals surface area contributed by atoms with Crippen molar-refractivity contribution in [2.45, 2.75) is 0 Å². The monoisotopic (exact) mass is 101 g/mol. The van der Waals surface area contributed by atoms with Crippen LogP contribution in [-0.4, -0.2) is 0 Å². The molecular formula is HF2NTi. The van der Waals surface area contributed by atoms with Crippen LogP contribution < -0.4 is 5.76 Å². The third kappa shape index (κ3) is 20.9. The van der Waals surface area contributed by atoms with Crippen LogP contribution in [0.1, 0.15) is 0 Å². The van der Waals surface area contributed by atoms with Gasteiger partial charge in [0.25, 0.3) is 0 Å². The molecular weight excluding hydrogens is 99.9 g/mol. The van der Waals surface area contributed by atoms with E-state index in [2.05, 4.69) is 0 Å². The van der Waals surface area contributed by atoms with Crippen molar-refractivity contribution in [3.8, 4) is 0 Å². The number of rotatable bonds is 0. The van der Waals surface area contributed by atoms with Crippen molar-refractivity contribution in [1.82, 2.24) is 5.76 Å². The molecule has 0 aliphatic heterocycles. The Morgan fingerprint density at radius 3 is 1.25 bits per heavy atom. The van der Waals surface area contributed by atoms with Crippen LogP contribution in [0.15, 0.2) is 0 Å². The van der Waals surface area contributed by atoms with Gasteiger partial charge in [-0.2, -0.15) is 0 Å². The van der Waals surface area contributed by atoms with Crippen molar-refractivity contribution in [3.63, 3.8) is 0 Å². The summed E-state index contributed by atoms with van der Waals surface area (Å²) in [6, 6.07) is 0. The van der Waals surface area contributed by atoms with Gasteiger partial charge in [-0.3, -0.25) is 0 Å². The second-order valence-corrected chi connectivity index (χ2v) is 0.0714. The van der Waals surface area contributed by atoms with E-state index in [1.54, 1.807) is 0 Å². The Kier molecular flexibility index (Phi) is 21.3. The summed E-state index contributed by atoms with van der Waals surface area (Å²) in [5, 5.41) is 0. The van der Waals surface area contributed by atoms with E-state index in [1.165, 1.54) is 0 Å². The van der Waals surface area contributed by atoms with Crippen molar-refractivity contribution in [3.05, 3.63) is 0 Å². The molecule has 1 N–H and O–H groups in total. The van der Waals surface area contributed by atoms with Crippen molar-refractivity contribution < 1.29 is 30.7 Å². The summed E-state index contributed by atoms with van der Waals surface area (Å²) in [6.07, 6.45) is 0. The van der Waals surface area contributed by atoms with E-state index < -0.39 is 0 Å². The minimum atomic E-state index is -0.250. The van der Waals surface area contributed by atoms with Gasteiger partial charge < -0.3 is 0 Å². The Labute approximate surface area is 37.1 Å². The third-order valence-electron chi connectivity index (χ3n) is 0. The zero-order valence-electron chi connectivity index (χ0n) is 1.76. The fourth-order valence-corrected chi connectivity index (χ4v) is 0. The second kappa shape index (κ2) is 9.64. The molecule has 0 aromatic carbocycles. The van der Waals surface area contributed by atoms with Crippen LogP contribution in [0.5, 0.6) is 0 Å². The largest absolute Gasteiger partial charge is 0.105 e. The normalized spacial score (nSPS) is 4.50. The van der Waals surface area contributed by atoms with Gasteiger partial charge in [-0.1, -0.05) is 0 Å². The molecule has 0 aromatic heterocycles. The summed E-state index contributed by atoms with van der Waals surface area (Å²) in [5.74, 6) is -0.250. The van der Waals surface area contributed by atoms with Gasteiger partial charge in [0.2, 0.25) is 0 Å². The first-order valence-corrected chi connectivity index (χ1v) is 0.378. The van der Waals surface area contributed by atoms with E-state index in [0.29, 0.717) is 0 Å². The number of hydrogen-bond donors (Lipinski definition) is 1. The topological polar surface area (TPSA) is 12.0 Å². The maximum absolute atomic E-state index is 9.38. The number of nitrogens with one attached hydrogen (secondary N) is 1. The first-order chi connectivity index (χ1) is 1.41. The molecule has 0 rings (SSSR count). The fraction of sp³-hybridized carbons (Fsp3) is 0. The van der Waals surface area contributed by atoms with Crippen molar-refractivity contribution in [2.24, 2.45) is 0 Å². The van der Waals surface area contributed by atoms with Gasteiger partial charge in [0, 0.05) is 27.5 Å². The molecule has 1 nitrogen and oxygen atoms in total. The maximum Gasteiger partial charge on any atom is 0.00810 e. The van der Waals surface area contributed by atoms with Crippen LogP contribution in [0.2, 0.25) is 0 Å². The summed E-state index contributed by atoms with van der Waals surface area (Å²) in [5.41, 5.74) is 0. The van der Waals surface area contributed by atoms with Gasteiger partial charge in [0.1, 0.15) is 0 Å². The van der Waals surface area contributed by atoms with Crippen molar-refractivity contribution in [1.29, 1.82) is 0 Å². The zero-order chi connectivity index (χ0) is 2.71. The summed E-state index contributed by atoms with van der Waals surface area (Å²) in [6.45, 7) is 0. The molecule has 0 heterocycles. The van der Waals surface area contributed by atoms with Crippen LogP contribution in [0, 0.1) is 0 Å². The molecule has 4 heteroatoms. The molecule has 0 spiro atoms. The van der Waals surface area contributed by atoms with Crippen LogP contribution in [0.4, 0.5) is 8.96 Å². The van der Waals surface area contributed by atoms with Crippen LogP contribution >= 0.6 is 0 Å². The molecule has 0 bridgehead atoms. The van der Waals surface area contributed by atoms with Crippen LogP contribution in [0.3, 0.4) is 0 Å². The Bertz CT molecular complexity index is 6.00. The minimum absolute atomic E-state index is 0. The molecule has 4 heavy (non-hydrogen) atoms. The molecule has 0 unspecified atom stereocenters. The molecule has 0 aliphatic rings. The smallest absolute Gasteiger partial charge is 0.00810 e. The summed E-state index contributed by atoms with van der Waals surface area (Å²) >= 11 is 0. The first-order valence-electron chi connectivity index (χ1n) is 0.378. The quantitative estimate of drug-likeness (QED) is 0.342. The van der Waals surface area contributed by atoms with E-state index in [1.807, 2.05) is 0 Å². The predicted octanol–water partition coefficient (Wildman–Crippen LogP) is 0.343. The van der Waals surface area contributed by atoms with E-state index >= 15 is 0 Å². The fourth-order valence-electron chi connectivity index (χ4n) is 0. The molecule has 24 valence electrons. The standard InChI is InChI=1S/F2HN.Ti/c1-3-2;/h3H;. The second-order valence-electron chi connectivity index (χ2n) is 0.0714. The Morgan fingerprint density at radius 2 is 1.25 bits per heavy atom. The average Bonchev–Trinajstić information content (AvgIpc) is 0.918. The summed E-state index contributed by atoms with van der Waals surface area (Å²) in [4.78, 5) is 0. The van der Waals surface area contributed by atoms with Gasteiger partial charge in [0.05, 0.1) is 0 Å².